The number of benzene rings is 3. The molecule has 3 heterocycles. The Morgan fingerprint density at radius 2 is 0.867 bits per heavy atom. The van der Waals surface area contributed by atoms with Gasteiger partial charge in [-0.2, -0.15) is 8.75 Å². The fourth-order valence-electron chi connectivity index (χ4n) is 5.45. The Morgan fingerprint density at radius 1 is 0.489 bits per heavy atom. The average Bonchev–Trinajstić information content (AvgIpc) is 3.88. The minimum atomic E-state index is 0.608. The molecule has 0 amide bonds. The summed E-state index contributed by atoms with van der Waals surface area (Å²) in [6.07, 6.45) is 4.58. The van der Waals surface area contributed by atoms with Crippen LogP contribution in [-0.2, 0) is 0 Å². The summed E-state index contributed by atoms with van der Waals surface area (Å²) in [5.41, 5.74) is 6.58. The molecule has 0 aliphatic rings. The highest BCUT2D eigenvalue weighted by atomic mass is 32.1. The summed E-state index contributed by atoms with van der Waals surface area (Å²) in [6, 6.07) is 30.2. The molecule has 0 aliphatic heterocycles. The van der Waals surface area contributed by atoms with Crippen molar-refractivity contribution in [1.82, 2.24) is 8.75 Å². The maximum absolute atomic E-state index is 6.04. The van der Waals surface area contributed by atoms with Gasteiger partial charge in [0, 0.05) is 30.6 Å². The first-order valence-electron chi connectivity index (χ1n) is 16.0. The van der Waals surface area contributed by atoms with E-state index < -0.39 is 0 Å². The van der Waals surface area contributed by atoms with Gasteiger partial charge in [0.15, 0.2) is 0 Å². The maximum Gasteiger partial charge on any atom is 0.119 e. The SMILES string of the molecule is CCC(CC)COc1ccc(-c2ccc(-c3ccc(-c4ccc(-c5ccc(OCC(CC)CC)cc5)s4)c4nsnc34)s2)cc1. The third-order valence-electron chi connectivity index (χ3n) is 8.72. The molecule has 7 heteroatoms. The molecule has 6 aromatic rings. The summed E-state index contributed by atoms with van der Waals surface area (Å²) in [7, 11) is 0. The molecule has 232 valence electrons. The van der Waals surface area contributed by atoms with Crippen molar-refractivity contribution in [1.29, 1.82) is 0 Å². The zero-order valence-electron chi connectivity index (χ0n) is 26.4. The standard InChI is InChI=1S/C38H40N2O2S3/c1-5-25(6-2)23-41-29-13-9-27(10-14-29)33-19-21-35(43-33)31-17-18-32(38-37(31)39-45-40-38)36-22-20-34(44-36)28-11-15-30(16-12-28)42-24-26(7-3)8-4/h9-22,25-26H,5-8,23-24H2,1-4H3. The predicted molar refractivity (Wildman–Crippen MR) is 194 cm³/mol. The van der Waals surface area contributed by atoms with Gasteiger partial charge in [-0.3, -0.25) is 0 Å². The highest BCUT2D eigenvalue weighted by Crippen LogP contribution is 2.42. The Kier molecular flexibility index (Phi) is 10.3. The Balaban J connectivity index is 1.18. The molecule has 0 fully saturated rings. The number of ether oxygens (including phenoxy) is 2. The lowest BCUT2D eigenvalue weighted by Crippen LogP contribution is -2.09. The number of thiophene rings is 2. The molecule has 6 rings (SSSR count). The van der Waals surface area contributed by atoms with Gasteiger partial charge < -0.3 is 9.47 Å². The van der Waals surface area contributed by atoms with Gasteiger partial charge in [0.2, 0.25) is 0 Å². The van der Waals surface area contributed by atoms with Crippen molar-refractivity contribution < 1.29 is 9.47 Å². The monoisotopic (exact) mass is 652 g/mol. The second-order valence-corrected chi connectivity index (χ2v) is 14.2. The topological polar surface area (TPSA) is 44.2 Å². The van der Waals surface area contributed by atoms with E-state index in [-0.39, 0.29) is 0 Å². The first kappa shape index (κ1) is 31.5. The Hall–Kier alpha value is -3.52. The third-order valence-corrected chi connectivity index (χ3v) is 11.6. The number of fused-ring (bicyclic) bond motifs is 1. The van der Waals surface area contributed by atoms with Crippen LogP contribution in [0.4, 0.5) is 0 Å². The zero-order chi connectivity index (χ0) is 31.2. The molecule has 0 aliphatic carbocycles. The van der Waals surface area contributed by atoms with Crippen molar-refractivity contribution in [3.63, 3.8) is 0 Å². The van der Waals surface area contributed by atoms with Crippen molar-refractivity contribution in [2.75, 3.05) is 13.2 Å². The molecule has 0 N–H and O–H groups in total. The fraction of sp³-hybridized carbons (Fsp3) is 0.316. The summed E-state index contributed by atoms with van der Waals surface area (Å²) >= 11 is 4.86. The summed E-state index contributed by atoms with van der Waals surface area (Å²) < 4.78 is 21.6. The first-order chi connectivity index (χ1) is 22.1. The lowest BCUT2D eigenvalue weighted by Gasteiger charge is -2.13. The van der Waals surface area contributed by atoms with Crippen LogP contribution in [0, 0.1) is 11.8 Å². The normalized spacial score (nSPS) is 11.6. The first-order valence-corrected chi connectivity index (χ1v) is 18.4. The molecule has 3 aromatic heterocycles. The van der Waals surface area contributed by atoms with Gasteiger partial charge in [-0.15, -0.1) is 22.7 Å². The lowest BCUT2D eigenvalue weighted by atomic mass is 10.1. The van der Waals surface area contributed by atoms with Crippen LogP contribution in [0.2, 0.25) is 0 Å². The maximum atomic E-state index is 6.04. The van der Waals surface area contributed by atoms with Crippen LogP contribution in [0.15, 0.2) is 84.9 Å². The Labute approximate surface area is 279 Å². The molecular weight excluding hydrogens is 613 g/mol. The number of aromatic nitrogens is 2. The van der Waals surface area contributed by atoms with Crippen molar-refractivity contribution in [2.45, 2.75) is 53.4 Å². The number of hydrogen-bond acceptors (Lipinski definition) is 7. The molecule has 0 bridgehead atoms. The van der Waals surface area contributed by atoms with Gasteiger partial charge >= 0.3 is 0 Å². The minimum absolute atomic E-state index is 0.608. The lowest BCUT2D eigenvalue weighted by molar-refractivity contribution is 0.240. The van der Waals surface area contributed by atoms with E-state index in [4.69, 9.17) is 18.2 Å². The van der Waals surface area contributed by atoms with Gasteiger partial charge in [0.1, 0.15) is 22.5 Å². The number of rotatable bonds is 14. The third kappa shape index (κ3) is 7.16. The van der Waals surface area contributed by atoms with E-state index in [9.17, 15) is 0 Å². The quantitative estimate of drug-likeness (QED) is 0.117. The Bertz CT molecular complexity index is 1680. The molecule has 0 spiro atoms. The second kappa shape index (κ2) is 14.7. The van der Waals surface area contributed by atoms with Crippen molar-refractivity contribution in [2.24, 2.45) is 11.8 Å². The van der Waals surface area contributed by atoms with Crippen LogP contribution in [-0.4, -0.2) is 22.0 Å². The van der Waals surface area contributed by atoms with Gasteiger partial charge in [-0.1, -0.05) is 65.5 Å². The van der Waals surface area contributed by atoms with Crippen molar-refractivity contribution >= 4 is 45.4 Å². The average molecular weight is 653 g/mol. The summed E-state index contributed by atoms with van der Waals surface area (Å²) in [6.45, 7) is 10.5. The molecule has 0 atom stereocenters. The summed E-state index contributed by atoms with van der Waals surface area (Å²) in [4.78, 5) is 4.85. The van der Waals surface area contributed by atoms with Crippen molar-refractivity contribution in [3.8, 4) is 53.3 Å². The molecule has 0 unspecified atom stereocenters. The largest absolute Gasteiger partial charge is 0.493 e. The summed E-state index contributed by atoms with van der Waals surface area (Å²) in [5, 5.41) is 0. The van der Waals surface area contributed by atoms with Crippen molar-refractivity contribution in [3.05, 3.63) is 84.9 Å². The van der Waals surface area contributed by atoms with Crippen LogP contribution in [0.3, 0.4) is 0 Å². The van der Waals surface area contributed by atoms with E-state index in [0.29, 0.717) is 11.8 Å². The van der Waals surface area contributed by atoms with Gasteiger partial charge in [-0.05, 0) is 95.8 Å². The van der Waals surface area contributed by atoms with E-state index in [1.165, 1.54) is 42.4 Å². The van der Waals surface area contributed by atoms with E-state index >= 15 is 0 Å². The number of nitrogens with zero attached hydrogens (tertiary/aromatic N) is 2. The van der Waals surface area contributed by atoms with E-state index in [2.05, 4.69) is 113 Å². The predicted octanol–water partition coefficient (Wildman–Crippen LogP) is 12.1. The molecule has 0 saturated heterocycles. The van der Waals surface area contributed by atoms with Crippen LogP contribution < -0.4 is 9.47 Å². The van der Waals surface area contributed by atoms with Gasteiger partial charge in [-0.25, -0.2) is 0 Å². The highest BCUT2D eigenvalue weighted by Gasteiger charge is 2.17. The molecule has 45 heavy (non-hydrogen) atoms. The molecular formula is C38H40N2O2S3. The van der Waals surface area contributed by atoms with Crippen LogP contribution >= 0.6 is 34.4 Å². The molecule has 3 aromatic carbocycles. The second-order valence-electron chi connectivity index (χ2n) is 11.5. The van der Waals surface area contributed by atoms with E-state index in [1.807, 2.05) is 0 Å². The van der Waals surface area contributed by atoms with E-state index in [1.54, 1.807) is 22.7 Å². The molecule has 0 radical (unpaired) electrons. The Morgan fingerprint density at radius 3 is 1.24 bits per heavy atom. The zero-order valence-corrected chi connectivity index (χ0v) is 28.9. The molecule has 0 saturated carbocycles. The summed E-state index contributed by atoms with van der Waals surface area (Å²) in [5.74, 6) is 3.08. The molecule has 4 nitrogen and oxygen atoms in total. The van der Waals surface area contributed by atoms with Crippen LogP contribution in [0.1, 0.15) is 53.4 Å². The minimum Gasteiger partial charge on any atom is -0.493 e. The number of hydrogen-bond donors (Lipinski definition) is 0. The van der Waals surface area contributed by atoms with Gasteiger partial charge in [0.05, 0.1) is 24.9 Å². The fourth-order valence-corrected chi connectivity index (χ4v) is 8.10. The van der Waals surface area contributed by atoms with Gasteiger partial charge in [0.25, 0.3) is 0 Å². The highest BCUT2D eigenvalue weighted by molar-refractivity contribution is 7.19. The van der Waals surface area contributed by atoms with E-state index in [0.717, 1.165) is 72.6 Å². The van der Waals surface area contributed by atoms with Crippen LogP contribution in [0.25, 0.3) is 52.8 Å². The van der Waals surface area contributed by atoms with Crippen LogP contribution in [0.5, 0.6) is 11.5 Å². The smallest absolute Gasteiger partial charge is 0.119 e.